The molecule has 0 aromatic heterocycles. The van der Waals surface area contributed by atoms with E-state index in [-0.39, 0.29) is 32.7 Å². The zero-order valence-corrected chi connectivity index (χ0v) is 12.4. The molecule has 1 heteroatoms. The number of hydrogen-bond donors (Lipinski definition) is 0. The van der Waals surface area contributed by atoms with Crippen LogP contribution in [0.1, 0.15) is 33.4 Å². The Morgan fingerprint density at radius 3 is 0.538 bits per heavy atom. The van der Waals surface area contributed by atoms with Gasteiger partial charge in [-0.3, -0.25) is 0 Å². The number of hydrogen-bond acceptors (Lipinski definition) is 0. The van der Waals surface area contributed by atoms with Gasteiger partial charge in [0.1, 0.15) is 0 Å². The average Bonchev–Trinajstić information content (AvgIpc) is 2.08. The molecule has 0 fully saturated rings. The first-order valence-corrected chi connectivity index (χ1v) is 4.50. The Labute approximate surface area is 107 Å². The molecule has 1 aromatic rings. The van der Waals surface area contributed by atoms with E-state index in [9.17, 15) is 0 Å². The number of benzene rings is 1. The van der Waals surface area contributed by atoms with Crippen LogP contribution in [-0.2, 0) is 32.7 Å². The fourth-order valence-corrected chi connectivity index (χ4v) is 1.69. The first-order valence-electron chi connectivity index (χ1n) is 4.50. The molecule has 1 rings (SSSR count). The summed E-state index contributed by atoms with van der Waals surface area (Å²) < 4.78 is 0. The van der Waals surface area contributed by atoms with Crippen LogP contribution in [-0.4, -0.2) is 0 Å². The molecule has 69 valence electrons. The van der Waals surface area contributed by atoms with Gasteiger partial charge in [-0.25, -0.2) is 0 Å². The Morgan fingerprint density at radius 2 is 0.462 bits per heavy atom. The summed E-state index contributed by atoms with van der Waals surface area (Å²) in [6.07, 6.45) is 0. The van der Waals surface area contributed by atoms with Crippen LogP contribution in [0.15, 0.2) is 0 Å². The topological polar surface area (TPSA) is 0 Å². The number of rotatable bonds is 0. The minimum atomic E-state index is 0. The van der Waals surface area contributed by atoms with Crippen molar-refractivity contribution in [1.29, 1.82) is 0 Å². The van der Waals surface area contributed by atoms with E-state index < -0.39 is 0 Å². The molecule has 1 aromatic carbocycles. The summed E-state index contributed by atoms with van der Waals surface area (Å²) >= 11 is 0. The molecule has 0 spiro atoms. The van der Waals surface area contributed by atoms with Gasteiger partial charge in [0.05, 0.1) is 0 Å². The van der Waals surface area contributed by atoms with Gasteiger partial charge >= 0.3 is 0 Å². The van der Waals surface area contributed by atoms with Crippen molar-refractivity contribution in [2.75, 3.05) is 0 Å². The van der Waals surface area contributed by atoms with Crippen LogP contribution >= 0.6 is 0 Å². The zero-order chi connectivity index (χ0) is 9.46. The van der Waals surface area contributed by atoms with Crippen molar-refractivity contribution in [2.24, 2.45) is 0 Å². The second-order valence-electron chi connectivity index (χ2n) is 3.75. The summed E-state index contributed by atoms with van der Waals surface area (Å²) in [7, 11) is 0. The monoisotopic (exact) mass is 251 g/mol. The van der Waals surface area contributed by atoms with Crippen molar-refractivity contribution in [3.05, 3.63) is 33.4 Å². The molecule has 0 N–H and O–H groups in total. The van der Waals surface area contributed by atoms with Gasteiger partial charge in [-0.2, -0.15) is 0 Å². The van der Waals surface area contributed by atoms with E-state index >= 15 is 0 Å². The molecule has 0 atom stereocenters. The fraction of sp³-hybridized carbons (Fsp3) is 0.500. The van der Waals surface area contributed by atoms with E-state index in [1.165, 1.54) is 33.4 Å². The van der Waals surface area contributed by atoms with Gasteiger partial charge in [-0.05, 0) is 74.9 Å². The summed E-state index contributed by atoms with van der Waals surface area (Å²) in [5, 5.41) is 0. The van der Waals surface area contributed by atoms with Crippen molar-refractivity contribution >= 4 is 0 Å². The Hall–Kier alpha value is 0.324. The maximum absolute atomic E-state index is 2.21. The molecule has 0 aliphatic rings. The Kier molecular flexibility index (Phi) is 4.82. The second kappa shape index (κ2) is 4.71. The molecule has 0 bridgehead atoms. The third-order valence-corrected chi connectivity index (χ3v) is 3.38. The standard InChI is InChI=1S/C12H18.Y/c1-7-8(2)10(4)12(6)11(5)9(7)3;/h1-6H3;. The molecular weight excluding hydrogens is 233 g/mol. The summed E-state index contributed by atoms with van der Waals surface area (Å²) in [6.45, 7) is 13.3. The first-order chi connectivity index (χ1) is 5.46. The van der Waals surface area contributed by atoms with Crippen LogP contribution in [0.5, 0.6) is 0 Å². The molecule has 0 aliphatic carbocycles. The Bertz CT molecular complexity index is 219. The molecule has 0 amide bonds. The van der Waals surface area contributed by atoms with Crippen LogP contribution in [0.4, 0.5) is 0 Å². The fourth-order valence-electron chi connectivity index (χ4n) is 1.69. The summed E-state index contributed by atoms with van der Waals surface area (Å²) in [5.74, 6) is 0. The molecule has 0 unspecified atom stereocenters. The molecule has 0 heterocycles. The van der Waals surface area contributed by atoms with Gasteiger partial charge in [0.15, 0.2) is 0 Å². The van der Waals surface area contributed by atoms with Gasteiger partial charge in [-0.1, -0.05) is 0 Å². The third-order valence-electron chi connectivity index (χ3n) is 3.38. The molecule has 13 heavy (non-hydrogen) atoms. The van der Waals surface area contributed by atoms with Gasteiger partial charge < -0.3 is 0 Å². The largest absolute Gasteiger partial charge is 0.0447 e. The molecule has 1 radical (unpaired) electrons. The van der Waals surface area contributed by atoms with Crippen molar-refractivity contribution in [2.45, 2.75) is 41.5 Å². The minimum absolute atomic E-state index is 0. The van der Waals surface area contributed by atoms with Gasteiger partial charge in [-0.15, -0.1) is 0 Å². The maximum Gasteiger partial charge on any atom is 0 e. The minimum Gasteiger partial charge on any atom is -0.0447 e. The van der Waals surface area contributed by atoms with Gasteiger partial charge in [0.25, 0.3) is 0 Å². The van der Waals surface area contributed by atoms with Crippen LogP contribution in [0, 0.1) is 41.5 Å². The van der Waals surface area contributed by atoms with Gasteiger partial charge in [0.2, 0.25) is 0 Å². The molecule has 0 nitrogen and oxygen atoms in total. The Morgan fingerprint density at radius 1 is 0.385 bits per heavy atom. The van der Waals surface area contributed by atoms with Crippen molar-refractivity contribution in [3.63, 3.8) is 0 Å². The van der Waals surface area contributed by atoms with Crippen molar-refractivity contribution < 1.29 is 32.7 Å². The van der Waals surface area contributed by atoms with E-state index in [0.717, 1.165) is 0 Å². The van der Waals surface area contributed by atoms with Crippen molar-refractivity contribution in [1.82, 2.24) is 0 Å². The molecule has 0 saturated carbocycles. The second-order valence-corrected chi connectivity index (χ2v) is 3.75. The van der Waals surface area contributed by atoms with E-state index in [2.05, 4.69) is 41.5 Å². The van der Waals surface area contributed by atoms with Crippen molar-refractivity contribution in [3.8, 4) is 0 Å². The summed E-state index contributed by atoms with van der Waals surface area (Å²) in [6, 6.07) is 0. The van der Waals surface area contributed by atoms with Crippen LogP contribution in [0.25, 0.3) is 0 Å². The first kappa shape index (κ1) is 13.3. The van der Waals surface area contributed by atoms with E-state index in [1.54, 1.807) is 0 Å². The molecular formula is C12H18Y. The zero-order valence-electron chi connectivity index (χ0n) is 9.58. The van der Waals surface area contributed by atoms with Crippen LogP contribution < -0.4 is 0 Å². The maximum atomic E-state index is 2.21. The SMILES string of the molecule is Cc1c(C)c(C)c(C)c(C)c1C.[Y]. The normalized spacial score (nSPS) is 9.69. The van der Waals surface area contributed by atoms with E-state index in [4.69, 9.17) is 0 Å². The summed E-state index contributed by atoms with van der Waals surface area (Å²) in [4.78, 5) is 0. The van der Waals surface area contributed by atoms with E-state index in [1.807, 2.05) is 0 Å². The quantitative estimate of drug-likeness (QED) is 0.661. The third kappa shape index (κ3) is 2.22. The molecule has 0 saturated heterocycles. The van der Waals surface area contributed by atoms with Crippen LogP contribution in [0.2, 0.25) is 0 Å². The Balaban J connectivity index is 0.00000144. The average molecular weight is 251 g/mol. The van der Waals surface area contributed by atoms with E-state index in [0.29, 0.717) is 0 Å². The van der Waals surface area contributed by atoms with Crippen LogP contribution in [0.3, 0.4) is 0 Å². The summed E-state index contributed by atoms with van der Waals surface area (Å²) in [5.41, 5.74) is 8.73. The molecule has 0 aliphatic heterocycles. The smallest absolute Gasteiger partial charge is 0 e. The van der Waals surface area contributed by atoms with Gasteiger partial charge in [0, 0.05) is 32.7 Å². The predicted molar refractivity (Wildman–Crippen MR) is 54.9 cm³/mol. The predicted octanol–water partition coefficient (Wildman–Crippen LogP) is 3.53.